The van der Waals surface area contributed by atoms with Gasteiger partial charge in [-0.25, -0.2) is 0 Å². The topological polar surface area (TPSA) is 47.7 Å². The Morgan fingerprint density at radius 1 is 1.00 bits per heavy atom. The molecule has 0 spiro atoms. The summed E-state index contributed by atoms with van der Waals surface area (Å²) in [6.07, 6.45) is 7.20. The van der Waals surface area contributed by atoms with Crippen molar-refractivity contribution in [3.8, 4) is 11.5 Å². The zero-order valence-electron chi connectivity index (χ0n) is 17.5. The third-order valence-electron chi connectivity index (χ3n) is 5.95. The molecule has 0 saturated carbocycles. The van der Waals surface area contributed by atoms with Gasteiger partial charge >= 0.3 is 0 Å². The monoisotopic (exact) mass is 382 g/mol. The van der Waals surface area contributed by atoms with E-state index in [9.17, 15) is 0 Å². The molecule has 3 rings (SSSR count). The van der Waals surface area contributed by atoms with Gasteiger partial charge in [0.1, 0.15) is 0 Å². The van der Waals surface area contributed by atoms with Gasteiger partial charge in [0.05, 0.1) is 14.2 Å². The van der Waals surface area contributed by atoms with Crippen LogP contribution in [-0.2, 0) is 19.3 Å². The van der Waals surface area contributed by atoms with E-state index in [1.807, 2.05) is 12.1 Å². The zero-order valence-corrected chi connectivity index (χ0v) is 17.5. The Morgan fingerprint density at radius 3 is 2.36 bits per heavy atom. The van der Waals surface area contributed by atoms with Crippen molar-refractivity contribution in [3.63, 3.8) is 0 Å². The second-order valence-corrected chi connectivity index (χ2v) is 8.02. The van der Waals surface area contributed by atoms with E-state index < -0.39 is 0 Å². The molecular weight excluding hydrogens is 348 g/mol. The number of anilines is 1. The summed E-state index contributed by atoms with van der Waals surface area (Å²) < 4.78 is 10.9. The molecule has 1 atom stereocenters. The van der Waals surface area contributed by atoms with Crippen LogP contribution in [0.5, 0.6) is 11.5 Å². The van der Waals surface area contributed by atoms with Gasteiger partial charge in [0.15, 0.2) is 11.5 Å². The summed E-state index contributed by atoms with van der Waals surface area (Å²) in [6, 6.07) is 12.6. The van der Waals surface area contributed by atoms with Gasteiger partial charge in [-0.2, -0.15) is 0 Å². The van der Waals surface area contributed by atoms with Crippen molar-refractivity contribution < 1.29 is 9.47 Å². The second-order valence-electron chi connectivity index (χ2n) is 8.02. The molecule has 0 heterocycles. The highest BCUT2D eigenvalue weighted by atomic mass is 16.5. The summed E-state index contributed by atoms with van der Waals surface area (Å²) in [6.45, 7) is 2.25. The summed E-state index contributed by atoms with van der Waals surface area (Å²) in [4.78, 5) is 2.45. The lowest BCUT2D eigenvalue weighted by atomic mass is 9.81. The number of aryl methyl sites for hydroxylation is 1. The van der Waals surface area contributed by atoms with Crippen molar-refractivity contribution in [2.24, 2.45) is 5.92 Å². The number of rotatable bonds is 9. The van der Waals surface area contributed by atoms with Gasteiger partial charge in [-0.3, -0.25) is 0 Å². The molecule has 0 radical (unpaired) electrons. The van der Waals surface area contributed by atoms with Crippen LogP contribution in [-0.4, -0.2) is 39.3 Å². The van der Waals surface area contributed by atoms with E-state index in [1.165, 1.54) is 36.0 Å². The predicted octanol–water partition coefficient (Wildman–Crippen LogP) is 4.35. The van der Waals surface area contributed by atoms with Crippen LogP contribution in [0.3, 0.4) is 0 Å². The van der Waals surface area contributed by atoms with Crippen LogP contribution in [0, 0.1) is 5.92 Å². The van der Waals surface area contributed by atoms with Crippen LogP contribution >= 0.6 is 0 Å². The van der Waals surface area contributed by atoms with Crippen LogP contribution in [0.2, 0.25) is 0 Å². The molecule has 0 aliphatic heterocycles. The van der Waals surface area contributed by atoms with Crippen LogP contribution in [0.4, 0.5) is 5.69 Å². The second kappa shape index (κ2) is 9.83. The minimum Gasteiger partial charge on any atom is -0.493 e. The van der Waals surface area contributed by atoms with Crippen molar-refractivity contribution in [1.82, 2.24) is 4.90 Å². The molecule has 4 heteroatoms. The van der Waals surface area contributed by atoms with Crippen molar-refractivity contribution in [3.05, 3.63) is 53.1 Å². The number of fused-ring (bicyclic) bond motifs is 1. The Bertz CT molecular complexity index is 758. The van der Waals surface area contributed by atoms with Crippen LogP contribution in [0.25, 0.3) is 0 Å². The maximum atomic E-state index is 5.76. The van der Waals surface area contributed by atoms with E-state index in [4.69, 9.17) is 15.2 Å². The molecule has 1 aliphatic rings. The van der Waals surface area contributed by atoms with Crippen molar-refractivity contribution in [2.75, 3.05) is 40.1 Å². The van der Waals surface area contributed by atoms with Crippen LogP contribution in [0.15, 0.2) is 36.4 Å². The molecule has 28 heavy (non-hydrogen) atoms. The molecule has 1 aliphatic carbocycles. The summed E-state index contributed by atoms with van der Waals surface area (Å²) in [5.74, 6) is 2.47. The normalized spacial score (nSPS) is 16.1. The van der Waals surface area contributed by atoms with E-state index in [-0.39, 0.29) is 0 Å². The standard InChI is InChI=1S/C24H34N2O2/c1-26(14-12-18-7-10-22(25)11-8-18)13-4-5-19-6-9-20-16-23(27-2)24(28-3)17-21(20)15-19/h7-8,10-11,16-17,19H,4-6,9,12-15,25H2,1-3H3. The summed E-state index contributed by atoms with van der Waals surface area (Å²) in [5.41, 5.74) is 10.8. The van der Waals surface area contributed by atoms with E-state index in [2.05, 4.69) is 36.2 Å². The minimum absolute atomic E-state index is 0.774. The summed E-state index contributed by atoms with van der Waals surface area (Å²) >= 11 is 0. The third-order valence-corrected chi connectivity index (χ3v) is 5.95. The van der Waals surface area contributed by atoms with Gasteiger partial charge < -0.3 is 20.1 Å². The Kier molecular flexibility index (Phi) is 7.21. The molecule has 0 bridgehead atoms. The number of likely N-dealkylation sites (N-methyl/N-ethyl adjacent to an activating group) is 1. The summed E-state index contributed by atoms with van der Waals surface area (Å²) in [5, 5.41) is 0. The fourth-order valence-electron chi connectivity index (χ4n) is 4.17. The largest absolute Gasteiger partial charge is 0.493 e. The van der Waals surface area contributed by atoms with Crippen molar-refractivity contribution in [1.29, 1.82) is 0 Å². The average molecular weight is 383 g/mol. The number of ether oxygens (including phenoxy) is 2. The Morgan fingerprint density at radius 2 is 1.68 bits per heavy atom. The maximum Gasteiger partial charge on any atom is 0.161 e. The molecule has 0 aromatic heterocycles. The molecule has 2 aromatic carbocycles. The van der Waals surface area contributed by atoms with Gasteiger partial charge in [0, 0.05) is 12.2 Å². The molecule has 152 valence electrons. The molecule has 4 nitrogen and oxygen atoms in total. The number of hydrogen-bond acceptors (Lipinski definition) is 4. The van der Waals surface area contributed by atoms with Crippen LogP contribution in [0.1, 0.15) is 36.0 Å². The Hall–Kier alpha value is -2.20. The molecule has 1 unspecified atom stereocenters. The molecule has 0 saturated heterocycles. The van der Waals surface area contributed by atoms with E-state index in [1.54, 1.807) is 14.2 Å². The number of nitrogen functional groups attached to an aromatic ring is 1. The predicted molar refractivity (Wildman–Crippen MR) is 116 cm³/mol. The Labute approximate surface area is 169 Å². The van der Waals surface area contributed by atoms with E-state index in [0.29, 0.717) is 0 Å². The molecule has 2 aromatic rings. The highest BCUT2D eigenvalue weighted by molar-refractivity contribution is 5.48. The first-order valence-electron chi connectivity index (χ1n) is 10.4. The van der Waals surface area contributed by atoms with Gasteiger partial charge in [0.2, 0.25) is 0 Å². The molecule has 2 N–H and O–H groups in total. The van der Waals surface area contributed by atoms with E-state index >= 15 is 0 Å². The maximum absolute atomic E-state index is 5.76. The lowest BCUT2D eigenvalue weighted by Gasteiger charge is -2.26. The zero-order chi connectivity index (χ0) is 19.9. The first-order chi connectivity index (χ1) is 13.6. The van der Waals surface area contributed by atoms with Gasteiger partial charge in [-0.05, 0) is 99.0 Å². The SMILES string of the molecule is COc1cc2c(cc1OC)CC(CCCN(C)CCc1ccc(N)cc1)CC2. The third kappa shape index (κ3) is 5.41. The first kappa shape index (κ1) is 20.5. The van der Waals surface area contributed by atoms with Gasteiger partial charge in [-0.15, -0.1) is 0 Å². The fourth-order valence-corrected chi connectivity index (χ4v) is 4.17. The van der Waals surface area contributed by atoms with Crippen molar-refractivity contribution in [2.45, 2.75) is 38.5 Å². The van der Waals surface area contributed by atoms with Gasteiger partial charge in [0.25, 0.3) is 0 Å². The lowest BCUT2D eigenvalue weighted by molar-refractivity contribution is 0.307. The first-order valence-corrected chi connectivity index (χ1v) is 10.4. The fraction of sp³-hybridized carbons (Fsp3) is 0.500. The molecule has 0 amide bonds. The van der Waals surface area contributed by atoms with Crippen molar-refractivity contribution >= 4 is 5.69 Å². The molecular formula is C24H34N2O2. The highest BCUT2D eigenvalue weighted by Crippen LogP contribution is 2.36. The number of nitrogens with zero attached hydrogens (tertiary/aromatic N) is 1. The highest BCUT2D eigenvalue weighted by Gasteiger charge is 2.21. The Balaban J connectivity index is 1.42. The van der Waals surface area contributed by atoms with E-state index in [0.717, 1.165) is 55.5 Å². The lowest BCUT2D eigenvalue weighted by Crippen LogP contribution is -2.23. The summed E-state index contributed by atoms with van der Waals surface area (Å²) in [7, 11) is 5.65. The number of nitrogens with two attached hydrogens (primary N) is 1. The minimum atomic E-state index is 0.774. The smallest absolute Gasteiger partial charge is 0.161 e. The number of methoxy groups -OCH3 is 2. The number of hydrogen-bond donors (Lipinski definition) is 1. The number of benzene rings is 2. The molecule has 0 fully saturated rings. The van der Waals surface area contributed by atoms with Gasteiger partial charge in [-0.1, -0.05) is 12.1 Å². The quantitative estimate of drug-likeness (QED) is 0.655. The average Bonchev–Trinajstić information content (AvgIpc) is 2.72. The van der Waals surface area contributed by atoms with Crippen LogP contribution < -0.4 is 15.2 Å².